The largest absolute Gasteiger partial charge is 0.382 e. The van der Waals surface area contributed by atoms with E-state index in [1.54, 1.807) is 0 Å². The van der Waals surface area contributed by atoms with Gasteiger partial charge in [-0.15, -0.1) is 11.3 Å². The highest BCUT2D eigenvalue weighted by molar-refractivity contribution is 7.16. The van der Waals surface area contributed by atoms with Crippen LogP contribution in [0.15, 0.2) is 60.7 Å². The average Bonchev–Trinajstić information content (AvgIpc) is 3.11. The van der Waals surface area contributed by atoms with Crippen LogP contribution in [0.5, 0.6) is 0 Å². The maximum Gasteiger partial charge on any atom is 0.225 e. The van der Waals surface area contributed by atoms with Crippen molar-refractivity contribution in [1.82, 2.24) is 10.3 Å². The van der Waals surface area contributed by atoms with Crippen LogP contribution in [-0.4, -0.2) is 30.6 Å². The highest BCUT2D eigenvalue weighted by atomic mass is 32.1. The van der Waals surface area contributed by atoms with Gasteiger partial charge in [0, 0.05) is 35.9 Å². The Morgan fingerprint density at radius 2 is 1.79 bits per heavy atom. The Labute approximate surface area is 169 Å². The van der Waals surface area contributed by atoms with Crippen molar-refractivity contribution in [3.8, 4) is 11.3 Å². The van der Waals surface area contributed by atoms with Crippen molar-refractivity contribution in [1.29, 1.82) is 0 Å². The lowest BCUT2D eigenvalue weighted by Gasteiger charge is -2.05. The van der Waals surface area contributed by atoms with E-state index >= 15 is 0 Å². The summed E-state index contributed by atoms with van der Waals surface area (Å²) >= 11 is 1.52. The molecule has 0 unspecified atom stereocenters. The predicted octanol–water partition coefficient (Wildman–Crippen LogP) is 4.64. The number of benzene rings is 2. The van der Waals surface area contributed by atoms with Gasteiger partial charge in [0.25, 0.3) is 0 Å². The Morgan fingerprint density at radius 3 is 2.50 bits per heavy atom. The number of rotatable bonds is 10. The third kappa shape index (κ3) is 5.90. The van der Waals surface area contributed by atoms with Crippen LogP contribution in [0, 0.1) is 0 Å². The van der Waals surface area contributed by atoms with Crippen molar-refractivity contribution in [2.24, 2.45) is 0 Å². The van der Waals surface area contributed by atoms with Crippen LogP contribution in [0.4, 0.5) is 10.8 Å². The van der Waals surface area contributed by atoms with Crippen molar-refractivity contribution >= 4 is 28.1 Å². The van der Waals surface area contributed by atoms with Gasteiger partial charge in [-0.3, -0.25) is 4.79 Å². The minimum absolute atomic E-state index is 0.00332. The Balaban J connectivity index is 1.72. The molecule has 0 saturated carbocycles. The van der Waals surface area contributed by atoms with Gasteiger partial charge in [-0.05, 0) is 25.5 Å². The predicted molar refractivity (Wildman–Crippen MR) is 115 cm³/mol. The third-order valence-corrected chi connectivity index (χ3v) is 5.05. The van der Waals surface area contributed by atoms with Crippen molar-refractivity contribution in [2.75, 3.05) is 25.1 Å². The monoisotopic (exact) mass is 395 g/mol. The number of ether oxygens (including phenoxy) is 1. The molecule has 28 heavy (non-hydrogen) atoms. The van der Waals surface area contributed by atoms with Gasteiger partial charge in [0.05, 0.1) is 12.1 Å². The van der Waals surface area contributed by atoms with Crippen LogP contribution in [-0.2, 0) is 16.0 Å². The van der Waals surface area contributed by atoms with Crippen LogP contribution in [0.2, 0.25) is 0 Å². The molecule has 0 aliphatic rings. The molecule has 3 rings (SSSR count). The number of para-hydroxylation sites is 1. The lowest BCUT2D eigenvalue weighted by atomic mass is 10.1. The van der Waals surface area contributed by atoms with Crippen LogP contribution < -0.4 is 10.6 Å². The van der Waals surface area contributed by atoms with Crippen molar-refractivity contribution in [3.05, 3.63) is 65.5 Å². The summed E-state index contributed by atoms with van der Waals surface area (Å²) in [5.74, 6) is 0.00332. The van der Waals surface area contributed by atoms with Gasteiger partial charge in [-0.25, -0.2) is 4.98 Å². The molecular weight excluding hydrogens is 370 g/mol. The Kier molecular flexibility index (Phi) is 7.58. The maximum atomic E-state index is 12.4. The van der Waals surface area contributed by atoms with E-state index < -0.39 is 0 Å². The van der Waals surface area contributed by atoms with E-state index in [4.69, 9.17) is 9.72 Å². The summed E-state index contributed by atoms with van der Waals surface area (Å²) in [6, 6.07) is 19.9. The first-order valence-corrected chi connectivity index (χ1v) is 10.3. The Bertz CT molecular complexity index is 866. The molecular formula is C22H25N3O2S. The molecule has 1 heterocycles. The van der Waals surface area contributed by atoms with Gasteiger partial charge < -0.3 is 15.4 Å². The van der Waals surface area contributed by atoms with Crippen molar-refractivity contribution in [2.45, 2.75) is 19.8 Å². The minimum atomic E-state index is 0.00332. The molecule has 0 radical (unpaired) electrons. The summed E-state index contributed by atoms with van der Waals surface area (Å²) in [5.41, 5.74) is 2.84. The minimum Gasteiger partial charge on any atom is -0.382 e. The summed E-state index contributed by atoms with van der Waals surface area (Å²) < 4.78 is 5.30. The van der Waals surface area contributed by atoms with Gasteiger partial charge in [-0.2, -0.15) is 0 Å². The summed E-state index contributed by atoms with van der Waals surface area (Å²) in [7, 11) is 0. The number of carbonyl (C=O) groups is 1. The van der Waals surface area contributed by atoms with Gasteiger partial charge in [0.15, 0.2) is 5.13 Å². The van der Waals surface area contributed by atoms with Gasteiger partial charge in [0.1, 0.15) is 0 Å². The molecule has 0 aliphatic heterocycles. The number of anilines is 2. The lowest BCUT2D eigenvalue weighted by Crippen LogP contribution is -2.26. The molecule has 5 nitrogen and oxygen atoms in total. The zero-order chi connectivity index (χ0) is 19.6. The topological polar surface area (TPSA) is 63.2 Å². The molecule has 0 bridgehead atoms. The lowest BCUT2D eigenvalue weighted by molar-refractivity contribution is -0.120. The molecule has 2 N–H and O–H groups in total. The van der Waals surface area contributed by atoms with E-state index in [0.717, 1.165) is 33.4 Å². The molecule has 0 aliphatic carbocycles. The number of hydrogen-bond acceptors (Lipinski definition) is 5. The molecule has 0 saturated heterocycles. The number of hydrogen-bond donors (Lipinski definition) is 2. The van der Waals surface area contributed by atoms with Crippen LogP contribution in [0.1, 0.15) is 18.2 Å². The fourth-order valence-corrected chi connectivity index (χ4v) is 3.75. The fourth-order valence-electron chi connectivity index (χ4n) is 2.75. The zero-order valence-corrected chi connectivity index (χ0v) is 16.8. The van der Waals surface area contributed by atoms with E-state index in [1.165, 1.54) is 11.3 Å². The Morgan fingerprint density at radius 1 is 1.07 bits per heavy atom. The van der Waals surface area contributed by atoms with E-state index in [-0.39, 0.29) is 5.91 Å². The zero-order valence-electron chi connectivity index (χ0n) is 16.0. The molecule has 0 spiro atoms. The first-order valence-electron chi connectivity index (χ1n) is 9.48. The molecule has 1 aromatic heterocycles. The number of thiazole rings is 1. The molecule has 0 atom stereocenters. The van der Waals surface area contributed by atoms with Gasteiger partial charge >= 0.3 is 0 Å². The second-order valence-corrected chi connectivity index (χ2v) is 7.31. The second-order valence-electron chi connectivity index (χ2n) is 6.23. The second kappa shape index (κ2) is 10.6. The smallest absolute Gasteiger partial charge is 0.225 e. The number of aromatic nitrogens is 1. The first kappa shape index (κ1) is 20.0. The normalized spacial score (nSPS) is 10.6. The molecule has 2 aromatic carbocycles. The fraction of sp³-hybridized carbons (Fsp3) is 0.273. The maximum absolute atomic E-state index is 12.4. The van der Waals surface area contributed by atoms with Crippen LogP contribution in [0.25, 0.3) is 11.3 Å². The van der Waals surface area contributed by atoms with Crippen LogP contribution >= 0.6 is 11.3 Å². The van der Waals surface area contributed by atoms with Gasteiger partial charge in [-0.1, -0.05) is 48.5 Å². The van der Waals surface area contributed by atoms with Gasteiger partial charge in [0.2, 0.25) is 5.91 Å². The van der Waals surface area contributed by atoms with E-state index in [9.17, 15) is 4.79 Å². The van der Waals surface area contributed by atoms with Crippen LogP contribution in [0.3, 0.4) is 0 Å². The first-order chi connectivity index (χ1) is 13.8. The standard InChI is InChI=1S/C22H25N3O2S/c1-2-27-15-9-14-23-20(26)16-19-21(17-10-5-3-6-11-17)25-22(28-19)24-18-12-7-4-8-13-18/h3-8,10-13H,2,9,14-16H2,1H3,(H,23,26)(H,24,25). The Hall–Kier alpha value is -2.70. The van der Waals surface area contributed by atoms with Crippen molar-refractivity contribution < 1.29 is 9.53 Å². The summed E-state index contributed by atoms with van der Waals surface area (Å²) in [6.45, 7) is 3.95. The summed E-state index contributed by atoms with van der Waals surface area (Å²) in [4.78, 5) is 18.1. The molecule has 3 aromatic rings. The molecule has 146 valence electrons. The van der Waals surface area contributed by atoms with E-state index in [2.05, 4.69) is 10.6 Å². The number of carbonyl (C=O) groups excluding carboxylic acids is 1. The SMILES string of the molecule is CCOCCCNC(=O)Cc1sc(Nc2ccccc2)nc1-c1ccccc1. The van der Waals surface area contributed by atoms with E-state index in [0.29, 0.717) is 26.2 Å². The average molecular weight is 396 g/mol. The number of nitrogens with one attached hydrogen (secondary N) is 2. The molecule has 6 heteroatoms. The van der Waals surface area contributed by atoms with E-state index in [1.807, 2.05) is 67.6 Å². The third-order valence-electron chi connectivity index (χ3n) is 4.08. The summed E-state index contributed by atoms with van der Waals surface area (Å²) in [6.07, 6.45) is 1.13. The molecule has 1 amide bonds. The highest BCUT2D eigenvalue weighted by Crippen LogP contribution is 2.33. The number of nitrogens with zero attached hydrogens (tertiary/aromatic N) is 1. The van der Waals surface area contributed by atoms with Crippen molar-refractivity contribution in [3.63, 3.8) is 0 Å². The molecule has 0 fully saturated rings. The quantitative estimate of drug-likeness (QED) is 0.491. The highest BCUT2D eigenvalue weighted by Gasteiger charge is 2.16. The number of amides is 1. The summed E-state index contributed by atoms with van der Waals surface area (Å²) in [5, 5.41) is 7.08.